The van der Waals surface area contributed by atoms with E-state index in [1.165, 1.54) is 12.1 Å². The van der Waals surface area contributed by atoms with Crippen LogP contribution in [-0.2, 0) is 0 Å². The van der Waals surface area contributed by atoms with E-state index in [1.807, 2.05) is 24.3 Å². The van der Waals surface area contributed by atoms with E-state index < -0.39 is 10.8 Å². The number of hydrogen-bond donors (Lipinski definition) is 0. The molecule has 1 atom stereocenters. The lowest BCUT2D eigenvalue weighted by atomic mass is 10.0. The number of hydrogen-bond acceptors (Lipinski definition) is 6. The first-order valence-electron chi connectivity index (χ1n) is 8.04. The zero-order chi connectivity index (χ0) is 17.4. The topological polar surface area (TPSA) is 89.5 Å². The van der Waals surface area contributed by atoms with Crippen molar-refractivity contribution in [1.29, 1.82) is 0 Å². The van der Waals surface area contributed by atoms with Crippen molar-refractivity contribution < 1.29 is 14.1 Å². The fourth-order valence-corrected chi connectivity index (χ4v) is 4.26. The number of amides is 1. The van der Waals surface area contributed by atoms with E-state index in [1.54, 1.807) is 16.2 Å². The first kappa shape index (κ1) is 15.8. The molecule has 25 heavy (non-hydrogen) atoms. The van der Waals surface area contributed by atoms with Crippen LogP contribution in [0.15, 0.2) is 40.8 Å². The van der Waals surface area contributed by atoms with Crippen molar-refractivity contribution in [3.05, 3.63) is 57.3 Å². The smallest absolute Gasteiger partial charge is 0.395 e. The van der Waals surface area contributed by atoms with Crippen LogP contribution in [0.3, 0.4) is 0 Å². The molecular weight excluding hydrogens is 342 g/mol. The van der Waals surface area contributed by atoms with Crippen LogP contribution in [0.4, 0.5) is 5.88 Å². The molecule has 0 saturated carbocycles. The zero-order valence-electron chi connectivity index (χ0n) is 13.3. The Balaban J connectivity index is 1.66. The number of carbonyl (C=O) groups is 1. The molecule has 3 heterocycles. The van der Waals surface area contributed by atoms with Gasteiger partial charge in [0.05, 0.1) is 22.3 Å². The summed E-state index contributed by atoms with van der Waals surface area (Å²) >= 11 is 1.59. The predicted molar refractivity (Wildman–Crippen MR) is 92.6 cm³/mol. The highest BCUT2D eigenvalue weighted by molar-refractivity contribution is 7.18. The summed E-state index contributed by atoms with van der Waals surface area (Å²) in [5.74, 6) is -0.742. The number of carbonyl (C=O) groups excluding carboxylic acids is 1. The average Bonchev–Trinajstić information content (AvgIpc) is 3.28. The SMILES string of the molecule is O=C(c1ccc([N+](=O)[O-])o1)N1CCCC[C@@H]1c1nc2ccccc2s1. The summed E-state index contributed by atoms with van der Waals surface area (Å²) in [7, 11) is 0. The number of thiazole rings is 1. The van der Waals surface area contributed by atoms with Gasteiger partial charge in [-0.15, -0.1) is 11.3 Å². The van der Waals surface area contributed by atoms with Crippen LogP contribution in [0.1, 0.15) is 40.9 Å². The van der Waals surface area contributed by atoms with Crippen LogP contribution in [-0.4, -0.2) is 27.3 Å². The fourth-order valence-electron chi connectivity index (χ4n) is 3.15. The number of piperidine rings is 1. The molecule has 0 unspecified atom stereocenters. The second-order valence-electron chi connectivity index (χ2n) is 5.92. The van der Waals surface area contributed by atoms with Gasteiger partial charge in [0.15, 0.2) is 5.76 Å². The highest BCUT2D eigenvalue weighted by Crippen LogP contribution is 2.36. The molecule has 1 aliphatic rings. The van der Waals surface area contributed by atoms with Gasteiger partial charge in [-0.3, -0.25) is 14.9 Å². The molecule has 7 nitrogen and oxygen atoms in total. The Bertz CT molecular complexity index is 915. The summed E-state index contributed by atoms with van der Waals surface area (Å²) < 4.78 is 6.18. The maximum absolute atomic E-state index is 12.8. The summed E-state index contributed by atoms with van der Waals surface area (Å²) in [4.78, 5) is 29.4. The Hall–Kier alpha value is -2.74. The lowest BCUT2D eigenvalue weighted by molar-refractivity contribution is -0.402. The van der Waals surface area contributed by atoms with Crippen LogP contribution >= 0.6 is 11.3 Å². The highest BCUT2D eigenvalue weighted by Gasteiger charge is 2.33. The number of aromatic nitrogens is 1. The number of benzene rings is 1. The minimum absolute atomic E-state index is 0.000267. The van der Waals surface area contributed by atoms with Gasteiger partial charge in [0.25, 0.3) is 5.91 Å². The van der Waals surface area contributed by atoms with Crippen molar-refractivity contribution in [2.45, 2.75) is 25.3 Å². The fraction of sp³-hybridized carbons (Fsp3) is 0.294. The highest BCUT2D eigenvalue weighted by atomic mass is 32.1. The summed E-state index contributed by atoms with van der Waals surface area (Å²) in [5, 5.41) is 11.7. The molecule has 0 aliphatic carbocycles. The monoisotopic (exact) mass is 357 g/mol. The molecule has 0 N–H and O–H groups in total. The van der Waals surface area contributed by atoms with Crippen molar-refractivity contribution in [2.24, 2.45) is 0 Å². The molecule has 2 aromatic heterocycles. The first-order chi connectivity index (χ1) is 12.1. The van der Waals surface area contributed by atoms with Crippen LogP contribution in [0.5, 0.6) is 0 Å². The lowest BCUT2D eigenvalue weighted by Crippen LogP contribution is -2.38. The second-order valence-corrected chi connectivity index (χ2v) is 6.99. The molecule has 1 saturated heterocycles. The Kier molecular flexibility index (Phi) is 3.96. The van der Waals surface area contributed by atoms with Gasteiger partial charge in [0.1, 0.15) is 9.93 Å². The largest absolute Gasteiger partial charge is 0.433 e. The van der Waals surface area contributed by atoms with Crippen LogP contribution < -0.4 is 0 Å². The van der Waals surface area contributed by atoms with Gasteiger partial charge >= 0.3 is 5.88 Å². The molecule has 0 bridgehead atoms. The standard InChI is InChI=1S/C17H15N3O4S/c21-17(13-8-9-15(24-13)20(22)23)19-10-4-3-6-12(19)16-18-11-5-1-2-7-14(11)25-16/h1-2,5,7-9,12H,3-4,6,10H2/t12-/m1/s1. The van der Waals surface area contributed by atoms with Crippen LogP contribution in [0.2, 0.25) is 0 Å². The van der Waals surface area contributed by atoms with Gasteiger partial charge in [-0.1, -0.05) is 12.1 Å². The number of para-hydroxylation sites is 1. The van der Waals surface area contributed by atoms with E-state index in [-0.39, 0.29) is 17.7 Å². The van der Waals surface area contributed by atoms with Crippen molar-refractivity contribution >= 4 is 33.3 Å². The van der Waals surface area contributed by atoms with Crippen LogP contribution in [0.25, 0.3) is 10.2 Å². The molecule has 1 aromatic carbocycles. The Morgan fingerprint density at radius 3 is 2.88 bits per heavy atom. The Morgan fingerprint density at radius 1 is 1.28 bits per heavy atom. The van der Waals surface area contributed by atoms with E-state index >= 15 is 0 Å². The third-order valence-corrected chi connectivity index (χ3v) is 5.48. The number of fused-ring (bicyclic) bond motifs is 1. The predicted octanol–water partition coefficient (Wildman–Crippen LogP) is 4.16. The minimum Gasteiger partial charge on any atom is -0.395 e. The number of nitrogens with zero attached hydrogens (tertiary/aromatic N) is 3. The summed E-state index contributed by atoms with van der Waals surface area (Å²) in [6.07, 6.45) is 2.74. The molecule has 0 radical (unpaired) electrons. The molecular formula is C17H15N3O4S. The lowest BCUT2D eigenvalue weighted by Gasteiger charge is -2.33. The summed E-state index contributed by atoms with van der Waals surface area (Å²) in [6.45, 7) is 0.591. The first-order valence-corrected chi connectivity index (χ1v) is 8.86. The number of likely N-dealkylation sites (tertiary alicyclic amines) is 1. The molecule has 128 valence electrons. The van der Waals surface area contributed by atoms with E-state index in [2.05, 4.69) is 4.98 Å². The summed E-state index contributed by atoms with van der Waals surface area (Å²) in [5.41, 5.74) is 0.925. The van der Waals surface area contributed by atoms with Gasteiger partial charge in [0, 0.05) is 6.54 Å². The number of rotatable bonds is 3. The van der Waals surface area contributed by atoms with E-state index in [4.69, 9.17) is 4.42 Å². The third kappa shape index (κ3) is 2.89. The van der Waals surface area contributed by atoms with Crippen molar-refractivity contribution in [2.75, 3.05) is 6.54 Å². The van der Waals surface area contributed by atoms with Crippen molar-refractivity contribution in [3.8, 4) is 0 Å². The zero-order valence-corrected chi connectivity index (χ0v) is 14.1. The molecule has 1 amide bonds. The molecule has 8 heteroatoms. The van der Waals surface area contributed by atoms with E-state index in [0.29, 0.717) is 6.54 Å². The minimum atomic E-state index is -0.641. The molecule has 3 aromatic rings. The average molecular weight is 357 g/mol. The molecule has 4 rings (SSSR count). The molecule has 1 fully saturated rings. The van der Waals surface area contributed by atoms with Gasteiger partial charge < -0.3 is 9.32 Å². The number of nitro groups is 1. The maximum atomic E-state index is 12.8. The number of furan rings is 1. The maximum Gasteiger partial charge on any atom is 0.433 e. The molecule has 1 aliphatic heterocycles. The van der Waals surface area contributed by atoms with Gasteiger partial charge in [-0.2, -0.15) is 0 Å². The van der Waals surface area contributed by atoms with E-state index in [9.17, 15) is 14.9 Å². The normalized spacial score (nSPS) is 17.8. The van der Waals surface area contributed by atoms with Crippen molar-refractivity contribution in [3.63, 3.8) is 0 Å². The van der Waals surface area contributed by atoms with Gasteiger partial charge in [0.2, 0.25) is 0 Å². The third-order valence-electron chi connectivity index (χ3n) is 4.34. The quantitative estimate of drug-likeness (QED) is 0.518. The molecule has 0 spiro atoms. The Labute approximate surface area is 147 Å². The summed E-state index contributed by atoms with van der Waals surface area (Å²) in [6, 6.07) is 10.3. The van der Waals surface area contributed by atoms with Gasteiger partial charge in [-0.25, -0.2) is 4.98 Å². The Morgan fingerprint density at radius 2 is 2.12 bits per heavy atom. The second kappa shape index (κ2) is 6.29. The van der Waals surface area contributed by atoms with Crippen LogP contribution in [0, 0.1) is 10.1 Å². The van der Waals surface area contributed by atoms with Gasteiger partial charge in [-0.05, 0) is 37.5 Å². The van der Waals surface area contributed by atoms with Crippen molar-refractivity contribution in [1.82, 2.24) is 9.88 Å². The van der Waals surface area contributed by atoms with E-state index in [0.717, 1.165) is 34.5 Å².